The summed E-state index contributed by atoms with van der Waals surface area (Å²) in [6, 6.07) is 0. The van der Waals surface area contributed by atoms with E-state index in [9.17, 15) is 72.3 Å². The highest BCUT2D eigenvalue weighted by molar-refractivity contribution is 7.46. The molecular weight excluding hydrogens is 776 g/mol. The maximum atomic E-state index is 12.8. The van der Waals surface area contributed by atoms with Crippen LogP contribution in [0.1, 0.15) is 90.9 Å². The molecule has 1 saturated carbocycles. The van der Waals surface area contributed by atoms with Gasteiger partial charge in [0, 0.05) is 12.8 Å². The fraction of sp³-hybridized carbons (Fsp3) is 0.920. The van der Waals surface area contributed by atoms with E-state index >= 15 is 0 Å². The van der Waals surface area contributed by atoms with Crippen LogP contribution in [0.5, 0.6) is 0 Å². The molecular formula is C25H43O22P4-7. The molecule has 0 saturated heterocycles. The van der Waals surface area contributed by atoms with Gasteiger partial charge in [-0.3, -0.25) is 14.2 Å². The monoisotopic (exact) mass is 819 g/mol. The lowest BCUT2D eigenvalue weighted by atomic mass is 9.85. The number of hydrogen-bond donors (Lipinski definition) is 2. The van der Waals surface area contributed by atoms with Crippen LogP contribution in [0.15, 0.2) is 0 Å². The SMILES string of the molecule is CCCCCCCC(=O)OC[C@H](COP(=O)([O-])OC1[C@H](O)[C@H](OP(=O)([O-])[O-])C(OP(=O)([O-])[O-])[C@H](OP(=O)([O-])[O-])[C@H]1O)OC(=O)CCCCCCC. The summed E-state index contributed by atoms with van der Waals surface area (Å²) >= 11 is 0. The second-order valence-electron chi connectivity index (χ2n) is 11.5. The van der Waals surface area contributed by atoms with Crippen molar-refractivity contribution in [2.24, 2.45) is 0 Å². The van der Waals surface area contributed by atoms with Gasteiger partial charge in [0.25, 0.3) is 7.82 Å². The maximum absolute atomic E-state index is 12.8. The number of phosphoric acid groups is 4. The van der Waals surface area contributed by atoms with Gasteiger partial charge in [-0.2, -0.15) is 0 Å². The summed E-state index contributed by atoms with van der Waals surface area (Å²) in [5.74, 6) is -1.53. The van der Waals surface area contributed by atoms with Crippen LogP contribution < -0.4 is 34.3 Å². The first kappa shape index (κ1) is 48.3. The molecule has 1 aliphatic rings. The van der Waals surface area contributed by atoms with Gasteiger partial charge in [0.1, 0.15) is 43.2 Å². The third-order valence-electron chi connectivity index (χ3n) is 7.11. The van der Waals surface area contributed by atoms with E-state index in [1.807, 2.05) is 13.8 Å². The summed E-state index contributed by atoms with van der Waals surface area (Å²) in [4.78, 5) is 105. The Bertz CT molecular complexity index is 1210. The number of esters is 2. The summed E-state index contributed by atoms with van der Waals surface area (Å²) in [7, 11) is -25.0. The van der Waals surface area contributed by atoms with E-state index in [2.05, 4.69) is 22.6 Å². The Labute approximate surface area is 294 Å². The van der Waals surface area contributed by atoms with Crippen LogP contribution in [0.25, 0.3) is 0 Å². The molecule has 0 amide bonds. The zero-order chi connectivity index (χ0) is 39.0. The molecule has 2 N–H and O–H groups in total. The van der Waals surface area contributed by atoms with Crippen LogP contribution in [0.2, 0.25) is 0 Å². The number of aliphatic hydroxyl groups excluding tert-OH is 2. The number of phosphoric ester groups is 4. The Morgan fingerprint density at radius 2 is 0.980 bits per heavy atom. The molecule has 0 aliphatic heterocycles. The van der Waals surface area contributed by atoms with Crippen molar-refractivity contribution in [3.8, 4) is 0 Å². The Balaban J connectivity index is 3.19. The van der Waals surface area contributed by atoms with Gasteiger partial charge in [-0.05, 0) is 12.8 Å². The van der Waals surface area contributed by atoms with Gasteiger partial charge >= 0.3 is 11.9 Å². The third kappa shape index (κ3) is 21.1. The van der Waals surface area contributed by atoms with E-state index < -0.39 is 99.2 Å². The van der Waals surface area contributed by atoms with Gasteiger partial charge in [0.2, 0.25) is 0 Å². The number of ether oxygens (including phenoxy) is 2. The minimum absolute atomic E-state index is 0.00604. The molecule has 0 radical (unpaired) electrons. The lowest BCUT2D eigenvalue weighted by Crippen LogP contribution is -2.66. The van der Waals surface area contributed by atoms with Crippen molar-refractivity contribution < 1.29 is 104 Å². The molecule has 22 nitrogen and oxygen atoms in total. The summed E-state index contributed by atoms with van der Waals surface area (Å²) in [6.07, 6.45) is -11.8. The molecule has 1 fully saturated rings. The normalized spacial score (nSPS) is 24.8. The van der Waals surface area contributed by atoms with Crippen molar-refractivity contribution in [2.75, 3.05) is 13.2 Å². The Kier molecular flexibility index (Phi) is 21.4. The summed E-state index contributed by atoms with van der Waals surface area (Å²) in [6.45, 7) is 2.16. The molecule has 302 valence electrons. The predicted molar refractivity (Wildman–Crippen MR) is 155 cm³/mol. The quantitative estimate of drug-likeness (QED) is 0.0513. The van der Waals surface area contributed by atoms with Crippen LogP contribution in [0, 0.1) is 0 Å². The summed E-state index contributed by atoms with van der Waals surface area (Å²) < 4.78 is 78.0. The zero-order valence-corrected chi connectivity index (χ0v) is 31.4. The lowest BCUT2D eigenvalue weighted by Gasteiger charge is -2.52. The first-order valence-corrected chi connectivity index (χ1v) is 21.8. The van der Waals surface area contributed by atoms with Crippen LogP contribution in [-0.4, -0.2) is 78.1 Å². The largest absolute Gasteiger partial charge is 0.790 e. The van der Waals surface area contributed by atoms with E-state index in [1.165, 1.54) is 0 Å². The van der Waals surface area contributed by atoms with Crippen molar-refractivity contribution in [1.82, 2.24) is 0 Å². The number of hydrogen-bond acceptors (Lipinski definition) is 22. The minimum Gasteiger partial charge on any atom is -0.790 e. The summed E-state index contributed by atoms with van der Waals surface area (Å²) in [5, 5.41) is 21.2. The number of aliphatic hydroxyl groups is 2. The first-order chi connectivity index (χ1) is 23.5. The second kappa shape index (κ2) is 22.6. The Hall–Kier alpha value is -0.700. The van der Waals surface area contributed by atoms with Gasteiger partial charge in [-0.1, -0.05) is 65.2 Å². The molecule has 1 aliphatic carbocycles. The highest BCUT2D eigenvalue weighted by Gasteiger charge is 2.55. The average Bonchev–Trinajstić information content (AvgIpc) is 2.99. The van der Waals surface area contributed by atoms with E-state index in [0.717, 1.165) is 44.9 Å². The number of unbranched alkanes of at least 4 members (excludes halogenated alkanes) is 8. The molecule has 51 heavy (non-hydrogen) atoms. The molecule has 3 unspecified atom stereocenters. The maximum Gasteiger partial charge on any atom is 0.306 e. The standard InChI is InChI=1S/C25H50O22P4/c1-3-5-7-9-11-13-18(26)41-15-17(43-19(27)14-12-10-8-6-4-2)16-42-51(39,40)47-22-20(28)23(44-48(30,31)32)25(46-50(36,37)38)24(21(22)29)45-49(33,34)35/h17,20-25,28-29H,3-16H2,1-2H3,(H,39,40)(H2,30,31,32)(H2,33,34,35)(H2,36,37,38)/p-7/t17-,20+,21+,22?,23-,24+,25?/m1/s1. The lowest BCUT2D eigenvalue weighted by molar-refractivity contribution is -0.373. The second-order valence-corrected chi connectivity index (χ2v) is 16.1. The molecule has 26 heteroatoms. The topological polar surface area (TPSA) is 369 Å². The summed E-state index contributed by atoms with van der Waals surface area (Å²) in [5.41, 5.74) is 0. The molecule has 0 spiro atoms. The smallest absolute Gasteiger partial charge is 0.306 e. The fourth-order valence-electron chi connectivity index (χ4n) is 4.81. The first-order valence-electron chi connectivity index (χ1n) is 15.9. The van der Waals surface area contributed by atoms with Crippen LogP contribution in [0.4, 0.5) is 0 Å². The third-order valence-corrected chi connectivity index (χ3v) is 9.58. The molecule has 8 atom stereocenters. The molecule has 0 aromatic heterocycles. The number of carbonyl (C=O) groups excluding carboxylic acids is 2. The molecule has 0 heterocycles. The van der Waals surface area contributed by atoms with Crippen LogP contribution in [-0.2, 0) is 59.9 Å². The van der Waals surface area contributed by atoms with Crippen molar-refractivity contribution in [3.63, 3.8) is 0 Å². The van der Waals surface area contributed by atoms with E-state index in [4.69, 9.17) is 9.47 Å². The van der Waals surface area contributed by atoms with Gasteiger partial charge < -0.3 is 90.3 Å². The zero-order valence-electron chi connectivity index (χ0n) is 27.8. The van der Waals surface area contributed by atoms with E-state index in [0.29, 0.717) is 19.3 Å². The molecule has 0 bridgehead atoms. The van der Waals surface area contributed by atoms with Gasteiger partial charge in [-0.25, -0.2) is 0 Å². The Morgan fingerprint density at radius 1 is 0.569 bits per heavy atom. The van der Waals surface area contributed by atoms with Crippen LogP contribution in [0.3, 0.4) is 0 Å². The van der Waals surface area contributed by atoms with Gasteiger partial charge in [0.05, 0.1) is 30.1 Å². The van der Waals surface area contributed by atoms with E-state index in [-0.39, 0.29) is 12.8 Å². The van der Waals surface area contributed by atoms with Crippen molar-refractivity contribution in [2.45, 2.75) is 134 Å². The van der Waals surface area contributed by atoms with Crippen LogP contribution >= 0.6 is 31.3 Å². The van der Waals surface area contributed by atoms with Crippen molar-refractivity contribution in [1.29, 1.82) is 0 Å². The van der Waals surface area contributed by atoms with Crippen molar-refractivity contribution >= 4 is 43.2 Å². The highest BCUT2D eigenvalue weighted by atomic mass is 31.2. The number of rotatable bonds is 26. The predicted octanol–water partition coefficient (Wildman–Crippen LogP) is -2.59. The van der Waals surface area contributed by atoms with Gasteiger partial charge in [-0.15, -0.1) is 0 Å². The molecule has 1 rings (SSSR count). The Morgan fingerprint density at radius 3 is 1.41 bits per heavy atom. The molecule has 0 aromatic rings. The van der Waals surface area contributed by atoms with Gasteiger partial charge in [0.15, 0.2) is 6.10 Å². The highest BCUT2D eigenvalue weighted by Crippen LogP contribution is 2.48. The fourth-order valence-corrected chi connectivity index (χ4v) is 7.39. The minimum atomic E-state index is -6.35. The van der Waals surface area contributed by atoms with E-state index in [1.54, 1.807) is 0 Å². The molecule has 0 aromatic carbocycles. The average molecular weight is 819 g/mol. The number of carbonyl (C=O) groups is 2. The van der Waals surface area contributed by atoms with Crippen molar-refractivity contribution in [3.05, 3.63) is 0 Å².